The molecule has 9 atom stereocenters. The van der Waals surface area contributed by atoms with Crippen molar-refractivity contribution >= 4 is 11.9 Å². The Kier molecular flexibility index (Phi) is 8.21. The molecule has 9 heteroatoms. The molecule has 0 spiro atoms. The molecule has 0 bridgehead atoms. The van der Waals surface area contributed by atoms with E-state index in [0.717, 1.165) is 5.56 Å². The van der Waals surface area contributed by atoms with E-state index in [2.05, 4.69) is 0 Å². The second-order valence-electron chi connectivity index (χ2n) is 9.19. The number of benzene rings is 1. The molecule has 0 saturated carbocycles. The maximum absolute atomic E-state index is 11.9. The van der Waals surface area contributed by atoms with E-state index in [9.17, 15) is 9.59 Å². The molecule has 0 N–H and O–H groups in total. The number of carbonyl (C=O) groups is 2. The average Bonchev–Trinajstić information content (AvgIpc) is 2.83. The van der Waals surface area contributed by atoms with Gasteiger partial charge in [-0.05, 0) is 12.3 Å². The van der Waals surface area contributed by atoms with Crippen molar-refractivity contribution < 1.29 is 42.7 Å². The molecule has 1 aromatic rings. The van der Waals surface area contributed by atoms with Gasteiger partial charge in [-0.1, -0.05) is 44.2 Å². The van der Waals surface area contributed by atoms with Gasteiger partial charge in [0.15, 0.2) is 18.7 Å². The molecule has 34 heavy (non-hydrogen) atoms. The molecule has 188 valence electrons. The summed E-state index contributed by atoms with van der Waals surface area (Å²) in [6, 6.07) is 9.72. The molecule has 4 rings (SSSR count). The Hall–Kier alpha value is -2.04. The van der Waals surface area contributed by atoms with Crippen molar-refractivity contribution in [1.82, 2.24) is 0 Å². The Bertz CT molecular complexity index is 829. The second-order valence-corrected chi connectivity index (χ2v) is 9.19. The number of ether oxygens (including phenoxy) is 7. The van der Waals surface area contributed by atoms with Gasteiger partial charge in [0, 0.05) is 31.9 Å². The maximum atomic E-state index is 11.9. The Balaban J connectivity index is 1.50. The molecule has 9 nitrogen and oxygen atoms in total. The third-order valence-corrected chi connectivity index (χ3v) is 6.80. The van der Waals surface area contributed by atoms with Gasteiger partial charge in [0.2, 0.25) is 0 Å². The summed E-state index contributed by atoms with van der Waals surface area (Å²) in [5.41, 5.74) is 0.917. The summed E-state index contributed by atoms with van der Waals surface area (Å²) >= 11 is 0. The van der Waals surface area contributed by atoms with Crippen LogP contribution in [0.25, 0.3) is 0 Å². The van der Waals surface area contributed by atoms with E-state index < -0.39 is 24.7 Å². The second kappa shape index (κ2) is 11.1. The van der Waals surface area contributed by atoms with Gasteiger partial charge in [-0.3, -0.25) is 9.59 Å². The highest BCUT2D eigenvalue weighted by Gasteiger charge is 2.48. The van der Waals surface area contributed by atoms with Gasteiger partial charge in [-0.2, -0.15) is 0 Å². The van der Waals surface area contributed by atoms with Crippen LogP contribution in [0.5, 0.6) is 0 Å². The Morgan fingerprint density at radius 2 is 1.76 bits per heavy atom. The molecule has 9 unspecified atom stereocenters. The van der Waals surface area contributed by atoms with Gasteiger partial charge in [0.1, 0.15) is 18.8 Å². The first kappa shape index (κ1) is 25.1. The largest absolute Gasteiger partial charge is 0.463 e. The Morgan fingerprint density at radius 1 is 1.00 bits per heavy atom. The number of esters is 2. The van der Waals surface area contributed by atoms with Gasteiger partial charge < -0.3 is 33.2 Å². The fourth-order valence-electron chi connectivity index (χ4n) is 4.73. The minimum absolute atomic E-state index is 0.0206. The monoisotopic (exact) mass is 478 g/mol. The van der Waals surface area contributed by atoms with Crippen LogP contribution >= 0.6 is 0 Å². The molecule has 0 aromatic heterocycles. The minimum atomic E-state index is -0.832. The molecule has 3 aliphatic heterocycles. The van der Waals surface area contributed by atoms with Crippen molar-refractivity contribution in [2.45, 2.75) is 77.2 Å². The van der Waals surface area contributed by atoms with Crippen LogP contribution < -0.4 is 0 Å². The van der Waals surface area contributed by atoms with Crippen molar-refractivity contribution in [3.63, 3.8) is 0 Å². The minimum Gasteiger partial charge on any atom is -0.463 e. The van der Waals surface area contributed by atoms with E-state index in [4.69, 9.17) is 33.2 Å². The van der Waals surface area contributed by atoms with Crippen LogP contribution in [0, 0.1) is 11.8 Å². The molecule has 3 aliphatic rings. The van der Waals surface area contributed by atoms with Crippen molar-refractivity contribution in [3.05, 3.63) is 35.9 Å². The standard InChI is InChI=1S/C25H34O9/c1-14-15(2)22(31-17(4)27)25(33-20(14)12-29-16(3)26)32-19-10-11-28-21-13-30-24(34-23(19)21)18-8-6-5-7-9-18/h5-9,14-15,19-25H,10-13H2,1-4H3. The van der Waals surface area contributed by atoms with Crippen LogP contribution in [0.3, 0.4) is 0 Å². The first-order valence-electron chi connectivity index (χ1n) is 11.9. The molecule has 3 fully saturated rings. The predicted molar refractivity (Wildman–Crippen MR) is 118 cm³/mol. The number of fused-ring (bicyclic) bond motifs is 1. The van der Waals surface area contributed by atoms with E-state index in [-0.39, 0.29) is 48.8 Å². The summed E-state index contributed by atoms with van der Waals surface area (Å²) in [5, 5.41) is 0. The third-order valence-electron chi connectivity index (χ3n) is 6.80. The average molecular weight is 479 g/mol. The van der Waals surface area contributed by atoms with Crippen molar-refractivity contribution in [2.24, 2.45) is 11.8 Å². The summed E-state index contributed by atoms with van der Waals surface area (Å²) in [4.78, 5) is 23.2. The topological polar surface area (TPSA) is 98.8 Å². The third kappa shape index (κ3) is 5.78. The lowest BCUT2D eigenvalue weighted by molar-refractivity contribution is -0.343. The summed E-state index contributed by atoms with van der Waals surface area (Å²) < 4.78 is 41.6. The number of hydrogen-bond donors (Lipinski definition) is 0. The van der Waals surface area contributed by atoms with E-state index in [1.54, 1.807) is 0 Å². The summed E-state index contributed by atoms with van der Waals surface area (Å²) in [5.74, 6) is -0.881. The van der Waals surface area contributed by atoms with Gasteiger partial charge in [0.05, 0.1) is 18.8 Å². The molecule has 3 heterocycles. The lowest BCUT2D eigenvalue weighted by atomic mass is 9.83. The van der Waals surface area contributed by atoms with Crippen molar-refractivity contribution in [3.8, 4) is 0 Å². The first-order valence-corrected chi connectivity index (χ1v) is 11.9. The highest BCUT2D eigenvalue weighted by molar-refractivity contribution is 5.66. The Labute approximate surface area is 199 Å². The van der Waals surface area contributed by atoms with Crippen molar-refractivity contribution in [1.29, 1.82) is 0 Å². The normalized spacial score (nSPS) is 37.9. The van der Waals surface area contributed by atoms with E-state index in [1.165, 1.54) is 13.8 Å². The predicted octanol–water partition coefficient (Wildman–Crippen LogP) is 2.77. The van der Waals surface area contributed by atoms with Crippen LogP contribution in [0.1, 0.15) is 46.0 Å². The molecule has 1 aromatic carbocycles. The van der Waals surface area contributed by atoms with E-state index in [0.29, 0.717) is 19.6 Å². The summed E-state index contributed by atoms with van der Waals surface area (Å²) in [7, 11) is 0. The van der Waals surface area contributed by atoms with Crippen LogP contribution in [0.4, 0.5) is 0 Å². The molecule has 3 saturated heterocycles. The van der Waals surface area contributed by atoms with Crippen molar-refractivity contribution in [2.75, 3.05) is 19.8 Å². The van der Waals surface area contributed by atoms with Crippen LogP contribution in [-0.4, -0.2) is 68.6 Å². The highest BCUT2D eigenvalue weighted by Crippen LogP contribution is 2.38. The zero-order chi connectivity index (χ0) is 24.2. The van der Waals surface area contributed by atoms with Crippen LogP contribution in [0.15, 0.2) is 30.3 Å². The quantitative estimate of drug-likeness (QED) is 0.572. The first-order chi connectivity index (χ1) is 16.3. The SMILES string of the molecule is CC(=O)OCC1OC(OC2CCOC3COC(c4ccccc4)OC32)C(OC(C)=O)C(C)C1C. The Morgan fingerprint density at radius 3 is 2.47 bits per heavy atom. The fourth-order valence-corrected chi connectivity index (χ4v) is 4.73. The molecule has 0 radical (unpaired) electrons. The summed E-state index contributed by atoms with van der Waals surface area (Å²) in [6.07, 6.45) is -2.77. The number of carbonyl (C=O) groups excluding carboxylic acids is 2. The maximum Gasteiger partial charge on any atom is 0.303 e. The zero-order valence-electron chi connectivity index (χ0n) is 20.1. The van der Waals surface area contributed by atoms with Gasteiger partial charge >= 0.3 is 11.9 Å². The molecule has 0 amide bonds. The lowest BCUT2D eigenvalue weighted by Gasteiger charge is -2.47. The summed E-state index contributed by atoms with van der Waals surface area (Å²) in [6.45, 7) is 7.68. The molecular weight excluding hydrogens is 444 g/mol. The number of hydrogen-bond acceptors (Lipinski definition) is 9. The fraction of sp³-hybridized carbons (Fsp3) is 0.680. The molecular formula is C25H34O9. The van der Waals surface area contributed by atoms with Gasteiger partial charge in [-0.15, -0.1) is 0 Å². The van der Waals surface area contributed by atoms with E-state index >= 15 is 0 Å². The van der Waals surface area contributed by atoms with E-state index in [1.807, 2.05) is 44.2 Å². The zero-order valence-corrected chi connectivity index (χ0v) is 20.1. The molecule has 0 aliphatic carbocycles. The van der Waals surface area contributed by atoms with Crippen LogP contribution in [0.2, 0.25) is 0 Å². The number of rotatable bonds is 6. The van der Waals surface area contributed by atoms with Gasteiger partial charge in [-0.25, -0.2) is 0 Å². The smallest absolute Gasteiger partial charge is 0.303 e. The van der Waals surface area contributed by atoms with Crippen LogP contribution in [-0.2, 0) is 42.7 Å². The highest BCUT2D eigenvalue weighted by atomic mass is 16.7. The van der Waals surface area contributed by atoms with Gasteiger partial charge in [0.25, 0.3) is 0 Å². The lowest BCUT2D eigenvalue weighted by Crippen LogP contribution is -2.58.